The van der Waals surface area contributed by atoms with Crippen LogP contribution in [0.5, 0.6) is 5.75 Å². The number of nitrogens with zero attached hydrogens (tertiary/aromatic N) is 1. The molecular formula is C15H17BrN2O3. The van der Waals surface area contributed by atoms with E-state index >= 15 is 0 Å². The predicted molar refractivity (Wildman–Crippen MR) is 80.9 cm³/mol. The third-order valence-corrected chi connectivity index (χ3v) is 4.29. The van der Waals surface area contributed by atoms with Crippen LogP contribution < -0.4 is 10.1 Å². The molecule has 1 aromatic rings. The van der Waals surface area contributed by atoms with Crippen LogP contribution in [-0.2, 0) is 9.59 Å². The lowest BCUT2D eigenvalue weighted by molar-refractivity contribution is -0.145. The summed E-state index contributed by atoms with van der Waals surface area (Å²) in [6.45, 7) is 0.954. The number of nitrogens with one attached hydrogen (secondary N) is 1. The molecule has 1 N–H and O–H groups in total. The minimum absolute atomic E-state index is 0.0245. The van der Waals surface area contributed by atoms with Crippen LogP contribution in [0.4, 0.5) is 0 Å². The Morgan fingerprint density at radius 3 is 2.62 bits per heavy atom. The summed E-state index contributed by atoms with van der Waals surface area (Å²) in [6.07, 6.45) is 2.06. The Hall–Kier alpha value is -1.56. The van der Waals surface area contributed by atoms with Crippen LogP contribution in [0.1, 0.15) is 12.8 Å². The van der Waals surface area contributed by atoms with Gasteiger partial charge in [0, 0.05) is 4.47 Å². The smallest absolute Gasteiger partial charge is 0.246 e. The molecule has 112 valence electrons. The molecule has 1 saturated carbocycles. The normalized spacial score (nSPS) is 22.1. The lowest BCUT2D eigenvalue weighted by Gasteiger charge is -2.32. The van der Waals surface area contributed by atoms with Crippen LogP contribution in [0.3, 0.4) is 0 Å². The van der Waals surface area contributed by atoms with Crippen LogP contribution >= 0.6 is 15.9 Å². The zero-order chi connectivity index (χ0) is 14.8. The molecule has 21 heavy (non-hydrogen) atoms. The number of hydrogen-bond donors (Lipinski definition) is 1. The number of ether oxygens (including phenoxy) is 1. The number of carbonyl (C=O) groups is 2. The van der Waals surface area contributed by atoms with Crippen molar-refractivity contribution in [3.05, 3.63) is 28.7 Å². The second-order valence-electron chi connectivity index (χ2n) is 5.44. The first-order valence-corrected chi connectivity index (χ1v) is 7.89. The number of rotatable bonds is 5. The van der Waals surface area contributed by atoms with Gasteiger partial charge in [0.15, 0.2) is 0 Å². The van der Waals surface area contributed by atoms with Crippen LogP contribution in [0.2, 0.25) is 0 Å². The quantitative estimate of drug-likeness (QED) is 0.874. The van der Waals surface area contributed by atoms with Gasteiger partial charge in [-0.15, -0.1) is 0 Å². The maximum atomic E-state index is 12.3. The molecule has 0 radical (unpaired) electrons. The third kappa shape index (κ3) is 3.56. The second-order valence-corrected chi connectivity index (χ2v) is 6.36. The predicted octanol–water partition coefficient (Wildman–Crippen LogP) is 1.56. The fraction of sp³-hybridized carbons (Fsp3) is 0.467. The topological polar surface area (TPSA) is 58.6 Å². The summed E-state index contributed by atoms with van der Waals surface area (Å²) in [7, 11) is 0. The molecule has 1 heterocycles. The molecule has 1 aromatic carbocycles. The molecule has 1 saturated heterocycles. The summed E-state index contributed by atoms with van der Waals surface area (Å²) < 4.78 is 6.60. The van der Waals surface area contributed by atoms with E-state index in [4.69, 9.17) is 4.74 Å². The van der Waals surface area contributed by atoms with Crippen LogP contribution in [0.25, 0.3) is 0 Å². The first kappa shape index (κ1) is 14.4. The van der Waals surface area contributed by atoms with Gasteiger partial charge in [-0.1, -0.05) is 15.9 Å². The Morgan fingerprint density at radius 2 is 1.95 bits per heavy atom. The lowest BCUT2D eigenvalue weighted by atomic mass is 10.1. The first-order chi connectivity index (χ1) is 10.1. The SMILES string of the molecule is O=C1CN(CCOc2ccc(Br)cc2)C(=O)C(C2CC2)N1. The molecule has 1 unspecified atom stereocenters. The minimum Gasteiger partial charge on any atom is -0.492 e. The number of benzene rings is 1. The van der Waals surface area contributed by atoms with E-state index in [1.165, 1.54) is 0 Å². The summed E-state index contributed by atoms with van der Waals surface area (Å²) in [5.41, 5.74) is 0. The van der Waals surface area contributed by atoms with E-state index in [-0.39, 0.29) is 24.4 Å². The standard InChI is InChI=1S/C15H17BrN2O3/c16-11-3-5-12(6-4-11)21-8-7-18-9-13(19)17-14(15(18)20)10-1-2-10/h3-6,10,14H,1-2,7-9H2,(H,17,19). The maximum Gasteiger partial charge on any atom is 0.246 e. The van der Waals surface area contributed by atoms with Gasteiger partial charge in [0.25, 0.3) is 0 Å². The fourth-order valence-electron chi connectivity index (χ4n) is 2.47. The van der Waals surface area contributed by atoms with Crippen molar-refractivity contribution in [2.45, 2.75) is 18.9 Å². The van der Waals surface area contributed by atoms with Crippen molar-refractivity contribution in [2.75, 3.05) is 19.7 Å². The van der Waals surface area contributed by atoms with Crippen molar-refractivity contribution in [1.82, 2.24) is 10.2 Å². The zero-order valence-corrected chi connectivity index (χ0v) is 13.1. The van der Waals surface area contributed by atoms with Gasteiger partial charge < -0.3 is 15.0 Å². The van der Waals surface area contributed by atoms with Gasteiger partial charge in [-0.05, 0) is 43.0 Å². The van der Waals surface area contributed by atoms with Gasteiger partial charge >= 0.3 is 0 Å². The van der Waals surface area contributed by atoms with Crippen LogP contribution in [-0.4, -0.2) is 42.5 Å². The molecule has 1 aliphatic carbocycles. The van der Waals surface area contributed by atoms with Gasteiger partial charge in [0.2, 0.25) is 11.8 Å². The Kier molecular flexibility index (Phi) is 4.14. The van der Waals surface area contributed by atoms with E-state index in [9.17, 15) is 9.59 Å². The number of halogens is 1. The van der Waals surface area contributed by atoms with E-state index in [1.54, 1.807) is 4.90 Å². The van der Waals surface area contributed by atoms with E-state index < -0.39 is 0 Å². The summed E-state index contributed by atoms with van der Waals surface area (Å²) >= 11 is 3.36. The lowest BCUT2D eigenvalue weighted by Crippen LogP contribution is -2.59. The Morgan fingerprint density at radius 1 is 1.24 bits per heavy atom. The van der Waals surface area contributed by atoms with Crippen molar-refractivity contribution >= 4 is 27.7 Å². The van der Waals surface area contributed by atoms with Crippen molar-refractivity contribution in [2.24, 2.45) is 5.92 Å². The Labute approximate surface area is 131 Å². The molecule has 2 aliphatic rings. The van der Waals surface area contributed by atoms with E-state index in [1.807, 2.05) is 24.3 Å². The van der Waals surface area contributed by atoms with E-state index in [0.29, 0.717) is 19.1 Å². The molecule has 1 atom stereocenters. The highest BCUT2D eigenvalue weighted by Crippen LogP contribution is 2.34. The molecule has 3 rings (SSSR count). The zero-order valence-electron chi connectivity index (χ0n) is 11.5. The van der Waals surface area contributed by atoms with Gasteiger partial charge in [-0.25, -0.2) is 0 Å². The van der Waals surface area contributed by atoms with Crippen LogP contribution in [0, 0.1) is 5.92 Å². The highest BCUT2D eigenvalue weighted by molar-refractivity contribution is 9.10. The average Bonchev–Trinajstić information content (AvgIpc) is 3.29. The molecule has 1 aliphatic heterocycles. The largest absolute Gasteiger partial charge is 0.492 e. The molecule has 2 fully saturated rings. The molecule has 0 spiro atoms. The highest BCUT2D eigenvalue weighted by atomic mass is 79.9. The Bertz CT molecular complexity index is 542. The summed E-state index contributed by atoms with van der Waals surface area (Å²) in [4.78, 5) is 25.6. The number of amides is 2. The first-order valence-electron chi connectivity index (χ1n) is 7.10. The monoisotopic (exact) mass is 352 g/mol. The maximum absolute atomic E-state index is 12.3. The Balaban J connectivity index is 1.52. The van der Waals surface area contributed by atoms with Crippen molar-refractivity contribution in [1.29, 1.82) is 0 Å². The second kappa shape index (κ2) is 6.05. The van der Waals surface area contributed by atoms with E-state index in [2.05, 4.69) is 21.2 Å². The molecule has 2 amide bonds. The molecule has 0 bridgehead atoms. The molecule has 5 nitrogen and oxygen atoms in total. The molecular weight excluding hydrogens is 336 g/mol. The van der Waals surface area contributed by atoms with Crippen molar-refractivity contribution < 1.29 is 14.3 Å². The number of piperazine rings is 1. The minimum atomic E-state index is -0.320. The number of hydrogen-bond acceptors (Lipinski definition) is 3. The summed E-state index contributed by atoms with van der Waals surface area (Å²) in [6, 6.07) is 7.21. The van der Waals surface area contributed by atoms with Gasteiger partial charge in [0.1, 0.15) is 18.4 Å². The van der Waals surface area contributed by atoms with Crippen LogP contribution in [0.15, 0.2) is 28.7 Å². The highest BCUT2D eigenvalue weighted by Gasteiger charge is 2.42. The average molecular weight is 353 g/mol. The van der Waals surface area contributed by atoms with Gasteiger partial charge in [0.05, 0.1) is 13.1 Å². The van der Waals surface area contributed by atoms with E-state index in [0.717, 1.165) is 23.1 Å². The molecule has 0 aromatic heterocycles. The third-order valence-electron chi connectivity index (χ3n) is 3.77. The van der Waals surface area contributed by atoms with Gasteiger partial charge in [-0.3, -0.25) is 9.59 Å². The summed E-state index contributed by atoms with van der Waals surface area (Å²) in [5.74, 6) is 1.04. The fourth-order valence-corrected chi connectivity index (χ4v) is 2.74. The van der Waals surface area contributed by atoms with Crippen molar-refractivity contribution in [3.8, 4) is 5.75 Å². The van der Waals surface area contributed by atoms with Gasteiger partial charge in [-0.2, -0.15) is 0 Å². The van der Waals surface area contributed by atoms with Crippen molar-refractivity contribution in [3.63, 3.8) is 0 Å². The summed E-state index contributed by atoms with van der Waals surface area (Å²) in [5, 5.41) is 2.80. The molecule has 6 heteroatoms. The number of carbonyl (C=O) groups excluding carboxylic acids is 2.